The molecule has 1 aliphatic rings. The number of hydrogen-bond donors (Lipinski definition) is 1. The van der Waals surface area contributed by atoms with Crippen molar-refractivity contribution in [3.8, 4) is 11.5 Å². The van der Waals surface area contributed by atoms with E-state index in [1.165, 1.54) is 5.56 Å². The van der Waals surface area contributed by atoms with Crippen molar-refractivity contribution in [2.45, 2.75) is 33.7 Å². The first-order valence-electron chi connectivity index (χ1n) is 11.0. The Labute approximate surface area is 195 Å². The fraction of sp³-hybridized carbons (Fsp3) is 0.250. The highest BCUT2D eigenvalue weighted by Crippen LogP contribution is 2.40. The van der Waals surface area contributed by atoms with Gasteiger partial charge in [0.15, 0.2) is 11.5 Å². The van der Waals surface area contributed by atoms with Gasteiger partial charge in [-0.15, -0.1) is 0 Å². The molecule has 0 bridgehead atoms. The minimum absolute atomic E-state index is 0.0679. The number of carbonyl (C=O) groups excluding carboxylic acids is 1. The SMILES string of the molecule is COc1ccc([C@@H]2C=C(Nc3ccc(C)cc3C)C(=O)N2c2ccc(C)cc2C)cc1OC. The van der Waals surface area contributed by atoms with Crippen molar-refractivity contribution < 1.29 is 14.3 Å². The molecule has 4 rings (SSSR count). The second-order valence-electron chi connectivity index (χ2n) is 8.55. The van der Waals surface area contributed by atoms with Gasteiger partial charge in [-0.25, -0.2) is 0 Å². The van der Waals surface area contributed by atoms with E-state index in [4.69, 9.17) is 9.47 Å². The van der Waals surface area contributed by atoms with Gasteiger partial charge in [0.2, 0.25) is 0 Å². The van der Waals surface area contributed by atoms with E-state index in [0.717, 1.165) is 33.6 Å². The summed E-state index contributed by atoms with van der Waals surface area (Å²) in [6.07, 6.45) is 1.99. The van der Waals surface area contributed by atoms with Crippen LogP contribution in [0.4, 0.5) is 11.4 Å². The molecule has 0 spiro atoms. The van der Waals surface area contributed by atoms with Gasteiger partial charge in [-0.05, 0) is 74.7 Å². The van der Waals surface area contributed by atoms with Crippen LogP contribution in [-0.4, -0.2) is 20.1 Å². The van der Waals surface area contributed by atoms with Crippen LogP contribution in [0.2, 0.25) is 0 Å². The molecule has 5 heteroatoms. The Hall–Kier alpha value is -3.73. The summed E-state index contributed by atoms with van der Waals surface area (Å²) in [6.45, 7) is 8.20. The molecular weight excluding hydrogens is 412 g/mol. The molecule has 170 valence electrons. The maximum absolute atomic E-state index is 13.7. The minimum Gasteiger partial charge on any atom is -0.493 e. The summed E-state index contributed by atoms with van der Waals surface area (Å²) in [7, 11) is 3.23. The molecule has 33 heavy (non-hydrogen) atoms. The van der Waals surface area contributed by atoms with Crippen LogP contribution in [0.5, 0.6) is 11.5 Å². The normalized spacial score (nSPS) is 15.5. The van der Waals surface area contributed by atoms with Crippen molar-refractivity contribution in [1.29, 1.82) is 0 Å². The molecule has 0 unspecified atom stereocenters. The quantitative estimate of drug-likeness (QED) is 0.507. The number of methoxy groups -OCH3 is 2. The molecule has 0 saturated heterocycles. The summed E-state index contributed by atoms with van der Waals surface area (Å²) in [5, 5.41) is 3.38. The lowest BCUT2D eigenvalue weighted by molar-refractivity contribution is -0.114. The highest BCUT2D eigenvalue weighted by molar-refractivity contribution is 6.11. The summed E-state index contributed by atoms with van der Waals surface area (Å²) in [6, 6.07) is 17.8. The van der Waals surface area contributed by atoms with Crippen LogP contribution in [-0.2, 0) is 4.79 Å². The predicted octanol–water partition coefficient (Wildman–Crippen LogP) is 6.02. The Kier molecular flexibility index (Phi) is 6.14. The molecule has 1 amide bonds. The molecule has 0 saturated carbocycles. The van der Waals surface area contributed by atoms with E-state index in [9.17, 15) is 4.79 Å². The van der Waals surface area contributed by atoms with Gasteiger partial charge >= 0.3 is 0 Å². The number of carbonyl (C=O) groups is 1. The number of nitrogens with one attached hydrogen (secondary N) is 1. The summed E-state index contributed by atoms with van der Waals surface area (Å²) in [5.74, 6) is 1.22. The number of benzene rings is 3. The van der Waals surface area contributed by atoms with Crippen LogP contribution in [0.3, 0.4) is 0 Å². The molecule has 0 aliphatic carbocycles. The Bertz CT molecular complexity index is 1250. The van der Waals surface area contributed by atoms with Crippen LogP contribution in [0.25, 0.3) is 0 Å². The molecule has 1 N–H and O–H groups in total. The monoisotopic (exact) mass is 442 g/mol. The first-order valence-corrected chi connectivity index (χ1v) is 11.0. The molecule has 3 aromatic carbocycles. The zero-order valence-corrected chi connectivity index (χ0v) is 20.0. The van der Waals surface area contributed by atoms with E-state index in [0.29, 0.717) is 17.2 Å². The molecular formula is C28H30N2O3. The lowest BCUT2D eigenvalue weighted by Crippen LogP contribution is -2.31. The molecule has 1 atom stereocenters. The van der Waals surface area contributed by atoms with E-state index < -0.39 is 0 Å². The van der Waals surface area contributed by atoms with Crippen molar-refractivity contribution in [2.24, 2.45) is 0 Å². The van der Waals surface area contributed by atoms with Crippen molar-refractivity contribution in [2.75, 3.05) is 24.4 Å². The highest BCUT2D eigenvalue weighted by atomic mass is 16.5. The summed E-state index contributed by atoms with van der Waals surface area (Å²) in [4.78, 5) is 15.6. The van der Waals surface area contributed by atoms with Crippen LogP contribution in [0.1, 0.15) is 33.9 Å². The van der Waals surface area contributed by atoms with Gasteiger partial charge in [0, 0.05) is 11.4 Å². The lowest BCUT2D eigenvalue weighted by Gasteiger charge is -2.27. The van der Waals surface area contributed by atoms with Gasteiger partial charge in [0.1, 0.15) is 5.70 Å². The van der Waals surface area contributed by atoms with Gasteiger partial charge in [0.25, 0.3) is 5.91 Å². The average molecular weight is 443 g/mol. The first kappa shape index (κ1) is 22.5. The highest BCUT2D eigenvalue weighted by Gasteiger charge is 2.36. The topological polar surface area (TPSA) is 50.8 Å². The zero-order chi connectivity index (χ0) is 23.7. The second kappa shape index (κ2) is 9.02. The zero-order valence-electron chi connectivity index (χ0n) is 20.0. The number of aryl methyl sites for hydroxylation is 4. The Morgan fingerprint density at radius 3 is 2.09 bits per heavy atom. The minimum atomic E-state index is -0.285. The number of amides is 1. The number of rotatable bonds is 6. The molecule has 5 nitrogen and oxygen atoms in total. The fourth-order valence-electron chi connectivity index (χ4n) is 4.37. The Morgan fingerprint density at radius 1 is 0.788 bits per heavy atom. The van der Waals surface area contributed by atoms with Crippen LogP contribution < -0.4 is 19.7 Å². The summed E-state index contributed by atoms with van der Waals surface area (Å²) >= 11 is 0. The Balaban J connectivity index is 1.80. The van der Waals surface area contributed by atoms with Gasteiger partial charge < -0.3 is 14.8 Å². The van der Waals surface area contributed by atoms with Crippen molar-refractivity contribution >= 4 is 17.3 Å². The Morgan fingerprint density at radius 2 is 1.45 bits per heavy atom. The number of nitrogens with zero attached hydrogens (tertiary/aromatic N) is 1. The lowest BCUT2D eigenvalue weighted by atomic mass is 10.0. The van der Waals surface area contributed by atoms with E-state index in [2.05, 4.69) is 31.3 Å². The number of ether oxygens (including phenoxy) is 2. The average Bonchev–Trinajstić information content (AvgIpc) is 3.11. The summed E-state index contributed by atoms with van der Waals surface area (Å²) < 4.78 is 10.9. The third-order valence-electron chi connectivity index (χ3n) is 6.06. The molecule has 1 heterocycles. The molecule has 0 radical (unpaired) electrons. The van der Waals surface area contributed by atoms with E-state index in [1.807, 2.05) is 67.3 Å². The van der Waals surface area contributed by atoms with Crippen molar-refractivity contribution in [3.63, 3.8) is 0 Å². The van der Waals surface area contributed by atoms with E-state index in [1.54, 1.807) is 14.2 Å². The van der Waals surface area contributed by atoms with Gasteiger partial charge in [0.05, 0.1) is 20.3 Å². The maximum atomic E-state index is 13.7. The van der Waals surface area contributed by atoms with Gasteiger partial charge in [-0.1, -0.05) is 41.5 Å². The van der Waals surface area contributed by atoms with Crippen LogP contribution >= 0.6 is 0 Å². The molecule has 1 aliphatic heterocycles. The first-order chi connectivity index (χ1) is 15.8. The van der Waals surface area contributed by atoms with Crippen molar-refractivity contribution in [1.82, 2.24) is 0 Å². The van der Waals surface area contributed by atoms with E-state index in [-0.39, 0.29) is 11.9 Å². The number of anilines is 2. The van der Waals surface area contributed by atoms with Crippen LogP contribution in [0, 0.1) is 27.7 Å². The third-order valence-corrected chi connectivity index (χ3v) is 6.06. The smallest absolute Gasteiger partial charge is 0.275 e. The largest absolute Gasteiger partial charge is 0.493 e. The van der Waals surface area contributed by atoms with Gasteiger partial charge in [-0.2, -0.15) is 0 Å². The van der Waals surface area contributed by atoms with E-state index >= 15 is 0 Å². The van der Waals surface area contributed by atoms with Crippen LogP contribution in [0.15, 0.2) is 66.4 Å². The van der Waals surface area contributed by atoms with Crippen molar-refractivity contribution in [3.05, 3.63) is 94.2 Å². The fourth-order valence-corrected chi connectivity index (χ4v) is 4.37. The standard InChI is InChI=1S/C28H30N2O3/c1-17-7-10-22(19(3)13-17)29-23-16-25(21-9-12-26(32-5)27(15-21)33-6)30(28(23)31)24-11-8-18(2)14-20(24)4/h7-16,25,29H,1-6H3/t25-/m0/s1. The third kappa shape index (κ3) is 4.31. The second-order valence-corrected chi connectivity index (χ2v) is 8.55. The summed E-state index contributed by atoms with van der Waals surface area (Å²) in [5.41, 5.74) is 7.80. The molecule has 0 fully saturated rings. The maximum Gasteiger partial charge on any atom is 0.275 e. The molecule has 3 aromatic rings. The number of hydrogen-bond acceptors (Lipinski definition) is 4. The predicted molar refractivity (Wildman–Crippen MR) is 133 cm³/mol. The molecule has 0 aromatic heterocycles. The van der Waals surface area contributed by atoms with Gasteiger partial charge in [-0.3, -0.25) is 9.69 Å².